The van der Waals surface area contributed by atoms with Gasteiger partial charge in [-0.3, -0.25) is 14.3 Å². The second-order valence-corrected chi connectivity index (χ2v) is 4.86. The van der Waals surface area contributed by atoms with E-state index < -0.39 is 0 Å². The maximum atomic E-state index is 12.0. The average molecular weight is 265 g/mol. The number of amides is 2. The van der Waals surface area contributed by atoms with Gasteiger partial charge in [0.1, 0.15) is 6.54 Å². The molecule has 2 rings (SSSR count). The van der Waals surface area contributed by atoms with Crippen LogP contribution in [-0.4, -0.2) is 34.7 Å². The summed E-state index contributed by atoms with van der Waals surface area (Å²) in [5, 5.41) is 9.33. The Bertz CT molecular complexity index is 470. The van der Waals surface area contributed by atoms with E-state index in [4.69, 9.17) is 5.73 Å². The molecule has 1 aromatic rings. The lowest BCUT2D eigenvalue weighted by molar-refractivity contribution is -0.121. The van der Waals surface area contributed by atoms with Crippen LogP contribution in [0.3, 0.4) is 0 Å². The molecule has 2 unspecified atom stereocenters. The summed E-state index contributed by atoms with van der Waals surface area (Å²) in [6.07, 6.45) is 5.64. The number of nitrogens with two attached hydrogens (primary N) is 1. The SMILES string of the molecule is CNC(=O)Cn1cc(NC(=O)C2CCC(N)C2)cn1. The number of carbonyl (C=O) groups excluding carboxylic acids is 2. The van der Waals surface area contributed by atoms with Gasteiger partial charge in [-0.1, -0.05) is 0 Å². The van der Waals surface area contributed by atoms with Crippen molar-refractivity contribution in [2.24, 2.45) is 11.7 Å². The van der Waals surface area contributed by atoms with E-state index in [1.165, 1.54) is 10.9 Å². The van der Waals surface area contributed by atoms with E-state index >= 15 is 0 Å². The number of hydrogen-bond acceptors (Lipinski definition) is 4. The third-order valence-electron chi connectivity index (χ3n) is 3.33. The Balaban J connectivity index is 1.89. The molecule has 1 saturated carbocycles. The lowest BCUT2D eigenvalue weighted by Gasteiger charge is -2.08. The van der Waals surface area contributed by atoms with Crippen LogP contribution in [0.25, 0.3) is 0 Å². The van der Waals surface area contributed by atoms with Crippen LogP contribution in [0.1, 0.15) is 19.3 Å². The fourth-order valence-corrected chi connectivity index (χ4v) is 2.24. The highest BCUT2D eigenvalue weighted by molar-refractivity contribution is 5.92. The minimum atomic E-state index is -0.136. The molecule has 0 aliphatic heterocycles. The lowest BCUT2D eigenvalue weighted by Crippen LogP contribution is -2.24. The van der Waals surface area contributed by atoms with Gasteiger partial charge in [-0.25, -0.2) is 0 Å². The van der Waals surface area contributed by atoms with Gasteiger partial charge in [-0.15, -0.1) is 0 Å². The number of nitrogens with one attached hydrogen (secondary N) is 2. The molecule has 1 aliphatic rings. The normalized spacial score (nSPS) is 22.2. The molecule has 19 heavy (non-hydrogen) atoms. The molecule has 2 atom stereocenters. The van der Waals surface area contributed by atoms with Crippen molar-refractivity contribution in [3.8, 4) is 0 Å². The van der Waals surface area contributed by atoms with Crippen LogP contribution in [0.4, 0.5) is 5.69 Å². The van der Waals surface area contributed by atoms with Gasteiger partial charge < -0.3 is 16.4 Å². The molecule has 1 aromatic heterocycles. The molecule has 2 amide bonds. The Kier molecular flexibility index (Phi) is 4.16. The largest absolute Gasteiger partial charge is 0.358 e. The third kappa shape index (κ3) is 3.54. The highest BCUT2D eigenvalue weighted by Gasteiger charge is 2.27. The summed E-state index contributed by atoms with van der Waals surface area (Å²) in [7, 11) is 1.57. The van der Waals surface area contributed by atoms with Crippen LogP contribution in [0.15, 0.2) is 12.4 Å². The minimum absolute atomic E-state index is 0.0164. The zero-order valence-corrected chi connectivity index (χ0v) is 10.9. The maximum absolute atomic E-state index is 12.0. The number of likely N-dealkylation sites (N-methyl/N-ethyl adjacent to an activating group) is 1. The van der Waals surface area contributed by atoms with E-state index in [0.29, 0.717) is 5.69 Å². The van der Waals surface area contributed by atoms with Crippen LogP contribution in [0.2, 0.25) is 0 Å². The highest BCUT2D eigenvalue weighted by Crippen LogP contribution is 2.25. The average Bonchev–Trinajstić information content (AvgIpc) is 2.98. The molecule has 1 fully saturated rings. The van der Waals surface area contributed by atoms with Crippen LogP contribution in [0, 0.1) is 5.92 Å². The molecular formula is C12H19N5O2. The molecule has 0 bridgehead atoms. The zero-order chi connectivity index (χ0) is 13.8. The van der Waals surface area contributed by atoms with Gasteiger partial charge in [0.15, 0.2) is 0 Å². The molecule has 7 nitrogen and oxygen atoms in total. The van der Waals surface area contributed by atoms with Crippen molar-refractivity contribution in [2.45, 2.75) is 31.8 Å². The van der Waals surface area contributed by atoms with Crippen LogP contribution in [-0.2, 0) is 16.1 Å². The monoisotopic (exact) mass is 265 g/mol. The van der Waals surface area contributed by atoms with Gasteiger partial charge in [-0.05, 0) is 19.3 Å². The Morgan fingerprint density at radius 2 is 2.32 bits per heavy atom. The summed E-state index contributed by atoms with van der Waals surface area (Å²) in [6.45, 7) is 0.140. The van der Waals surface area contributed by atoms with E-state index in [9.17, 15) is 9.59 Å². The van der Waals surface area contributed by atoms with Crippen molar-refractivity contribution in [1.82, 2.24) is 15.1 Å². The number of hydrogen-bond donors (Lipinski definition) is 3. The van der Waals surface area contributed by atoms with E-state index in [0.717, 1.165) is 19.3 Å². The molecule has 1 heterocycles. The Labute approximate surface area is 111 Å². The zero-order valence-electron chi connectivity index (χ0n) is 10.9. The topological polar surface area (TPSA) is 102 Å². The number of aromatic nitrogens is 2. The number of carbonyl (C=O) groups is 2. The summed E-state index contributed by atoms with van der Waals surface area (Å²) in [5.41, 5.74) is 6.40. The molecule has 0 radical (unpaired) electrons. The van der Waals surface area contributed by atoms with Gasteiger partial charge in [0.05, 0.1) is 11.9 Å². The van der Waals surface area contributed by atoms with Gasteiger partial charge >= 0.3 is 0 Å². The summed E-state index contributed by atoms with van der Waals surface area (Å²) in [5.74, 6) is -0.174. The van der Waals surface area contributed by atoms with Gasteiger partial charge in [0.25, 0.3) is 0 Å². The number of rotatable bonds is 4. The molecule has 104 valence electrons. The van der Waals surface area contributed by atoms with E-state index in [1.807, 2.05) is 0 Å². The summed E-state index contributed by atoms with van der Waals surface area (Å²) in [6, 6.07) is 0.131. The van der Waals surface area contributed by atoms with Crippen molar-refractivity contribution in [1.29, 1.82) is 0 Å². The number of anilines is 1. The van der Waals surface area contributed by atoms with Gasteiger partial charge in [-0.2, -0.15) is 5.10 Å². The molecule has 0 spiro atoms. The Hall–Kier alpha value is -1.89. The van der Waals surface area contributed by atoms with Crippen LogP contribution >= 0.6 is 0 Å². The van der Waals surface area contributed by atoms with Gasteiger partial charge in [0, 0.05) is 25.2 Å². The molecule has 0 saturated heterocycles. The first-order valence-corrected chi connectivity index (χ1v) is 6.38. The third-order valence-corrected chi connectivity index (χ3v) is 3.33. The summed E-state index contributed by atoms with van der Waals surface area (Å²) < 4.78 is 1.48. The second-order valence-electron chi connectivity index (χ2n) is 4.86. The maximum Gasteiger partial charge on any atom is 0.241 e. The predicted molar refractivity (Wildman–Crippen MR) is 70.2 cm³/mol. The molecule has 7 heteroatoms. The van der Waals surface area contributed by atoms with Crippen LogP contribution < -0.4 is 16.4 Å². The molecule has 4 N–H and O–H groups in total. The first-order valence-electron chi connectivity index (χ1n) is 6.38. The van der Waals surface area contributed by atoms with E-state index in [1.54, 1.807) is 13.2 Å². The van der Waals surface area contributed by atoms with E-state index in [-0.39, 0.29) is 30.3 Å². The second kappa shape index (κ2) is 5.83. The fourth-order valence-electron chi connectivity index (χ4n) is 2.24. The standard InChI is InChI=1S/C12H19N5O2/c1-14-11(18)7-17-6-10(5-15-17)16-12(19)8-2-3-9(13)4-8/h5-6,8-9H,2-4,7,13H2,1H3,(H,14,18)(H,16,19). The fraction of sp³-hybridized carbons (Fsp3) is 0.583. The quantitative estimate of drug-likeness (QED) is 0.695. The van der Waals surface area contributed by atoms with E-state index in [2.05, 4.69) is 15.7 Å². The van der Waals surface area contributed by atoms with Crippen molar-refractivity contribution < 1.29 is 9.59 Å². The summed E-state index contributed by atoms with van der Waals surface area (Å²) >= 11 is 0. The Morgan fingerprint density at radius 1 is 1.53 bits per heavy atom. The van der Waals surface area contributed by atoms with Crippen molar-refractivity contribution in [2.75, 3.05) is 12.4 Å². The summed E-state index contributed by atoms with van der Waals surface area (Å²) in [4.78, 5) is 23.1. The van der Waals surface area contributed by atoms with Crippen molar-refractivity contribution in [3.05, 3.63) is 12.4 Å². The first kappa shape index (κ1) is 13.5. The molecule has 0 aromatic carbocycles. The van der Waals surface area contributed by atoms with Crippen molar-refractivity contribution >= 4 is 17.5 Å². The van der Waals surface area contributed by atoms with Crippen LogP contribution in [0.5, 0.6) is 0 Å². The Morgan fingerprint density at radius 3 is 2.95 bits per heavy atom. The van der Waals surface area contributed by atoms with Gasteiger partial charge in [0.2, 0.25) is 11.8 Å². The predicted octanol–water partition coefficient (Wildman–Crippen LogP) is -0.305. The smallest absolute Gasteiger partial charge is 0.241 e. The first-order chi connectivity index (χ1) is 9.08. The minimum Gasteiger partial charge on any atom is -0.358 e. The highest BCUT2D eigenvalue weighted by atomic mass is 16.2. The molecule has 1 aliphatic carbocycles. The molecular weight excluding hydrogens is 246 g/mol. The van der Waals surface area contributed by atoms with Crippen molar-refractivity contribution in [3.63, 3.8) is 0 Å². The number of nitrogens with zero attached hydrogens (tertiary/aromatic N) is 2. The lowest BCUT2D eigenvalue weighted by atomic mass is 10.1.